The Balaban J connectivity index is 2.05. The zero-order valence-electron chi connectivity index (χ0n) is 12.7. The van der Waals surface area contributed by atoms with Gasteiger partial charge in [0.1, 0.15) is 11.3 Å². The van der Waals surface area contributed by atoms with Crippen LogP contribution in [0.15, 0.2) is 12.1 Å². The van der Waals surface area contributed by atoms with Crippen molar-refractivity contribution >= 4 is 34.5 Å². The molecule has 1 saturated carbocycles. The van der Waals surface area contributed by atoms with E-state index in [1.807, 2.05) is 24.8 Å². The fraction of sp³-hybridized carbons (Fsp3) is 0.625. The van der Waals surface area contributed by atoms with E-state index >= 15 is 0 Å². The van der Waals surface area contributed by atoms with Crippen LogP contribution in [0.2, 0.25) is 0 Å². The Morgan fingerprint density at radius 2 is 2.05 bits per heavy atom. The second kappa shape index (κ2) is 6.17. The number of aryl methyl sites for hydroxylation is 2. The molecule has 0 N–H and O–H groups in total. The van der Waals surface area contributed by atoms with Gasteiger partial charge in [-0.15, -0.1) is 11.6 Å². The number of aromatic nitrogens is 3. The van der Waals surface area contributed by atoms with Crippen molar-refractivity contribution in [3.05, 3.63) is 23.7 Å². The highest BCUT2D eigenvalue weighted by Crippen LogP contribution is 2.42. The Labute approximate surface area is 135 Å². The summed E-state index contributed by atoms with van der Waals surface area (Å²) in [5.41, 5.74) is 3.07. The molecule has 1 aliphatic rings. The third kappa shape index (κ3) is 2.93. The molecule has 0 amide bonds. The Hall–Kier alpha value is -0.740. The third-order valence-electron chi connectivity index (χ3n) is 4.52. The molecule has 114 valence electrons. The van der Waals surface area contributed by atoms with Crippen LogP contribution >= 0.6 is 23.4 Å². The van der Waals surface area contributed by atoms with E-state index in [1.54, 1.807) is 0 Å². The summed E-state index contributed by atoms with van der Waals surface area (Å²) in [5.74, 6) is 1.69. The fourth-order valence-electron chi connectivity index (χ4n) is 3.32. The number of alkyl halides is 1. The van der Waals surface area contributed by atoms with Gasteiger partial charge in [0.2, 0.25) is 0 Å². The van der Waals surface area contributed by atoms with Gasteiger partial charge in [-0.3, -0.25) is 0 Å². The SMILES string of the molecule is CSC1(Cn2c(CCCl)nc3ccc(C)nc32)CCCC1. The summed E-state index contributed by atoms with van der Waals surface area (Å²) in [4.78, 5) is 9.49. The quantitative estimate of drug-likeness (QED) is 0.773. The van der Waals surface area contributed by atoms with Gasteiger partial charge >= 0.3 is 0 Å². The van der Waals surface area contributed by atoms with E-state index in [-0.39, 0.29) is 0 Å². The summed E-state index contributed by atoms with van der Waals surface area (Å²) in [6.45, 7) is 3.05. The number of thioether (sulfide) groups is 1. The molecular weight excluding hydrogens is 302 g/mol. The van der Waals surface area contributed by atoms with Crippen LogP contribution in [0, 0.1) is 6.92 Å². The zero-order valence-corrected chi connectivity index (χ0v) is 14.3. The molecule has 0 aliphatic heterocycles. The smallest absolute Gasteiger partial charge is 0.160 e. The highest BCUT2D eigenvalue weighted by molar-refractivity contribution is 8.00. The molecule has 0 saturated heterocycles. The number of rotatable bonds is 5. The molecule has 0 aromatic carbocycles. The Bertz CT molecular complexity index is 632. The molecule has 0 radical (unpaired) electrons. The van der Waals surface area contributed by atoms with Crippen molar-refractivity contribution in [1.29, 1.82) is 0 Å². The monoisotopic (exact) mass is 323 g/mol. The predicted molar refractivity (Wildman–Crippen MR) is 91.4 cm³/mol. The van der Waals surface area contributed by atoms with E-state index in [2.05, 4.69) is 16.9 Å². The van der Waals surface area contributed by atoms with Crippen molar-refractivity contribution in [3.63, 3.8) is 0 Å². The first-order valence-corrected chi connectivity index (χ1v) is 9.37. The highest BCUT2D eigenvalue weighted by Gasteiger charge is 2.34. The largest absolute Gasteiger partial charge is 0.311 e. The van der Waals surface area contributed by atoms with Gasteiger partial charge in [0.05, 0.1) is 0 Å². The van der Waals surface area contributed by atoms with Gasteiger partial charge in [0.15, 0.2) is 5.65 Å². The van der Waals surface area contributed by atoms with Gasteiger partial charge in [0, 0.05) is 29.3 Å². The second-order valence-electron chi connectivity index (χ2n) is 5.94. The van der Waals surface area contributed by atoms with Crippen molar-refractivity contribution in [2.45, 2.75) is 50.3 Å². The van der Waals surface area contributed by atoms with Crippen LogP contribution in [0.5, 0.6) is 0 Å². The van der Waals surface area contributed by atoms with Gasteiger partial charge in [-0.05, 0) is 38.2 Å². The first-order valence-electron chi connectivity index (χ1n) is 7.61. The molecule has 3 rings (SSSR count). The molecule has 2 aromatic heterocycles. The molecular formula is C16H22ClN3S. The summed E-state index contributed by atoms with van der Waals surface area (Å²) in [6.07, 6.45) is 8.31. The number of hydrogen-bond donors (Lipinski definition) is 0. The summed E-state index contributed by atoms with van der Waals surface area (Å²) < 4.78 is 2.67. The molecule has 0 atom stereocenters. The van der Waals surface area contributed by atoms with Crippen LogP contribution < -0.4 is 0 Å². The number of nitrogens with zero attached hydrogens (tertiary/aromatic N) is 3. The van der Waals surface area contributed by atoms with E-state index in [9.17, 15) is 0 Å². The molecule has 0 unspecified atom stereocenters. The normalized spacial score (nSPS) is 17.7. The molecule has 1 aliphatic carbocycles. The van der Waals surface area contributed by atoms with Crippen molar-refractivity contribution in [2.75, 3.05) is 12.1 Å². The van der Waals surface area contributed by atoms with Crippen LogP contribution in [0.25, 0.3) is 11.2 Å². The van der Waals surface area contributed by atoms with E-state index in [1.165, 1.54) is 25.7 Å². The standard InChI is InChI=1S/C16H22ClN3S/c1-12-5-6-13-15(18-12)20(14(19-13)7-10-17)11-16(21-2)8-3-4-9-16/h5-6H,3-4,7-11H2,1-2H3. The van der Waals surface area contributed by atoms with Crippen LogP contribution in [0.1, 0.15) is 37.2 Å². The molecule has 3 nitrogen and oxygen atoms in total. The average molecular weight is 324 g/mol. The van der Waals surface area contributed by atoms with E-state index in [0.29, 0.717) is 10.6 Å². The average Bonchev–Trinajstić information content (AvgIpc) is 3.07. The molecule has 2 heterocycles. The van der Waals surface area contributed by atoms with Gasteiger partial charge < -0.3 is 4.57 Å². The molecule has 2 aromatic rings. The molecule has 21 heavy (non-hydrogen) atoms. The van der Waals surface area contributed by atoms with Crippen LogP contribution in [0.4, 0.5) is 0 Å². The predicted octanol–water partition coefficient (Wildman–Crippen LogP) is 4.20. The van der Waals surface area contributed by atoms with Gasteiger partial charge in [0.25, 0.3) is 0 Å². The van der Waals surface area contributed by atoms with Gasteiger partial charge in [-0.2, -0.15) is 11.8 Å². The second-order valence-corrected chi connectivity index (χ2v) is 7.60. The first kappa shape index (κ1) is 15.2. The third-order valence-corrected chi connectivity index (χ3v) is 6.12. The van der Waals surface area contributed by atoms with Crippen molar-refractivity contribution in [1.82, 2.24) is 14.5 Å². The van der Waals surface area contributed by atoms with E-state index < -0.39 is 0 Å². The zero-order chi connectivity index (χ0) is 14.9. The maximum atomic E-state index is 5.97. The number of hydrogen-bond acceptors (Lipinski definition) is 3. The lowest BCUT2D eigenvalue weighted by molar-refractivity contribution is 0.500. The Morgan fingerprint density at radius 3 is 2.71 bits per heavy atom. The molecule has 5 heteroatoms. The lowest BCUT2D eigenvalue weighted by Crippen LogP contribution is -2.28. The summed E-state index contributed by atoms with van der Waals surface area (Å²) >= 11 is 7.98. The maximum Gasteiger partial charge on any atom is 0.160 e. The number of pyridine rings is 1. The van der Waals surface area contributed by atoms with Crippen LogP contribution in [-0.2, 0) is 13.0 Å². The van der Waals surface area contributed by atoms with Crippen molar-refractivity contribution in [3.8, 4) is 0 Å². The number of halogens is 1. The summed E-state index contributed by atoms with van der Waals surface area (Å²) in [7, 11) is 0. The lowest BCUT2D eigenvalue weighted by atomic mass is 10.1. The minimum atomic E-state index is 0.347. The molecule has 0 bridgehead atoms. The molecule has 0 spiro atoms. The minimum absolute atomic E-state index is 0.347. The first-order chi connectivity index (χ1) is 10.2. The topological polar surface area (TPSA) is 30.7 Å². The van der Waals surface area contributed by atoms with Gasteiger partial charge in [-0.25, -0.2) is 9.97 Å². The summed E-state index contributed by atoms with van der Waals surface area (Å²) in [5, 5.41) is 0. The minimum Gasteiger partial charge on any atom is -0.311 e. The Morgan fingerprint density at radius 1 is 1.29 bits per heavy atom. The lowest BCUT2D eigenvalue weighted by Gasteiger charge is -2.28. The maximum absolute atomic E-state index is 5.97. The van der Waals surface area contributed by atoms with Crippen molar-refractivity contribution in [2.24, 2.45) is 0 Å². The fourth-order valence-corrected chi connectivity index (χ4v) is 4.44. The molecule has 1 fully saturated rings. The Kier molecular flexibility index (Phi) is 4.46. The van der Waals surface area contributed by atoms with Crippen LogP contribution in [-0.4, -0.2) is 31.4 Å². The van der Waals surface area contributed by atoms with E-state index in [0.717, 1.165) is 35.6 Å². The van der Waals surface area contributed by atoms with Crippen LogP contribution in [0.3, 0.4) is 0 Å². The van der Waals surface area contributed by atoms with E-state index in [4.69, 9.17) is 21.6 Å². The highest BCUT2D eigenvalue weighted by atomic mass is 35.5. The number of imidazole rings is 1. The number of fused-ring (bicyclic) bond motifs is 1. The van der Waals surface area contributed by atoms with Gasteiger partial charge in [-0.1, -0.05) is 12.8 Å². The summed E-state index contributed by atoms with van der Waals surface area (Å²) in [6, 6.07) is 4.11. The van der Waals surface area contributed by atoms with Crippen molar-refractivity contribution < 1.29 is 0 Å².